The number of anilines is 1. The number of nitrogens with two attached hydrogens (primary N) is 1. The largest absolute Gasteiger partial charge is 0.482 e. The van der Waals surface area contributed by atoms with Crippen molar-refractivity contribution in [3.63, 3.8) is 0 Å². The maximum Gasteiger partial charge on any atom is 0.422 e. The molecule has 0 aliphatic heterocycles. The van der Waals surface area contributed by atoms with Gasteiger partial charge in [0.2, 0.25) is 5.91 Å². The Labute approximate surface area is 142 Å². The van der Waals surface area contributed by atoms with Crippen molar-refractivity contribution in [2.75, 3.05) is 25.6 Å². The number of alkyl halides is 3. The van der Waals surface area contributed by atoms with Crippen molar-refractivity contribution in [2.24, 2.45) is 5.73 Å². The van der Waals surface area contributed by atoms with Gasteiger partial charge in [-0.25, -0.2) is 0 Å². The van der Waals surface area contributed by atoms with Crippen molar-refractivity contribution in [1.29, 1.82) is 0 Å². The minimum Gasteiger partial charge on any atom is -0.482 e. The van der Waals surface area contributed by atoms with Gasteiger partial charge in [-0.15, -0.1) is 12.4 Å². The van der Waals surface area contributed by atoms with Gasteiger partial charge in [-0.3, -0.25) is 4.79 Å². The highest BCUT2D eigenvalue weighted by Gasteiger charge is 2.29. The van der Waals surface area contributed by atoms with E-state index >= 15 is 0 Å². The van der Waals surface area contributed by atoms with Gasteiger partial charge in [-0.1, -0.05) is 11.6 Å². The van der Waals surface area contributed by atoms with Gasteiger partial charge in [0, 0.05) is 24.7 Å². The molecule has 5 nitrogen and oxygen atoms in total. The van der Waals surface area contributed by atoms with Gasteiger partial charge in [0.15, 0.2) is 6.61 Å². The molecule has 1 aromatic rings. The third-order valence-electron chi connectivity index (χ3n) is 2.62. The molecular formula is C13H17Cl2F3N2O3. The van der Waals surface area contributed by atoms with Crippen LogP contribution < -0.4 is 15.8 Å². The monoisotopic (exact) mass is 376 g/mol. The fraction of sp³-hybridized carbons (Fsp3) is 0.462. The van der Waals surface area contributed by atoms with E-state index < -0.39 is 24.8 Å². The first kappa shape index (κ1) is 21.8. The average molecular weight is 377 g/mol. The lowest BCUT2D eigenvalue weighted by Gasteiger charge is -2.16. The van der Waals surface area contributed by atoms with Crippen molar-refractivity contribution in [3.05, 3.63) is 23.2 Å². The maximum absolute atomic E-state index is 12.2. The highest BCUT2D eigenvalue weighted by Crippen LogP contribution is 2.30. The molecule has 0 spiro atoms. The van der Waals surface area contributed by atoms with Crippen molar-refractivity contribution >= 4 is 35.6 Å². The van der Waals surface area contributed by atoms with Crippen molar-refractivity contribution in [2.45, 2.75) is 18.7 Å². The Bertz CT molecular complexity index is 512. The molecule has 23 heavy (non-hydrogen) atoms. The summed E-state index contributed by atoms with van der Waals surface area (Å²) in [4.78, 5) is 11.8. The van der Waals surface area contributed by atoms with Crippen LogP contribution in [-0.4, -0.2) is 38.4 Å². The summed E-state index contributed by atoms with van der Waals surface area (Å²) >= 11 is 5.72. The summed E-state index contributed by atoms with van der Waals surface area (Å²) < 4.78 is 46.3. The lowest BCUT2D eigenvalue weighted by molar-refractivity contribution is -0.153. The van der Waals surface area contributed by atoms with Gasteiger partial charge in [-0.05, 0) is 12.1 Å². The molecule has 0 bridgehead atoms. The standard InChI is InChI=1S/C13H16ClF3N2O3.ClH/c1-21-9(6-18)5-12(20)19-10-3-2-8(14)4-11(10)22-7-13(15,16)17;/h2-4,9H,5-7,18H2,1H3,(H,19,20);1H. The van der Waals surface area contributed by atoms with Gasteiger partial charge in [0.25, 0.3) is 0 Å². The topological polar surface area (TPSA) is 73.6 Å². The molecule has 0 aliphatic carbocycles. The molecule has 0 heterocycles. The highest BCUT2D eigenvalue weighted by molar-refractivity contribution is 6.30. The molecule has 0 fully saturated rings. The van der Waals surface area contributed by atoms with Crippen LogP contribution >= 0.6 is 24.0 Å². The number of carbonyl (C=O) groups excluding carboxylic acids is 1. The number of halogens is 5. The molecule has 0 radical (unpaired) electrons. The van der Waals surface area contributed by atoms with Crippen LogP contribution in [0.4, 0.5) is 18.9 Å². The Morgan fingerprint density at radius 1 is 1.43 bits per heavy atom. The number of nitrogens with one attached hydrogen (secondary N) is 1. The third kappa shape index (κ3) is 8.26. The van der Waals surface area contributed by atoms with Gasteiger partial charge < -0.3 is 20.5 Å². The molecule has 0 saturated heterocycles. The first-order valence-electron chi connectivity index (χ1n) is 6.27. The number of hydrogen-bond acceptors (Lipinski definition) is 4. The maximum atomic E-state index is 12.2. The van der Waals surface area contributed by atoms with Crippen LogP contribution in [0.5, 0.6) is 5.75 Å². The molecule has 1 amide bonds. The molecule has 0 aromatic heterocycles. The van der Waals surface area contributed by atoms with Crippen molar-refractivity contribution < 1.29 is 27.4 Å². The normalized spacial score (nSPS) is 12.3. The summed E-state index contributed by atoms with van der Waals surface area (Å²) in [6, 6.07) is 3.98. The number of ether oxygens (including phenoxy) is 2. The Morgan fingerprint density at radius 3 is 2.61 bits per heavy atom. The van der Waals surface area contributed by atoms with Crippen LogP contribution in [0.2, 0.25) is 5.02 Å². The van der Waals surface area contributed by atoms with E-state index in [4.69, 9.17) is 22.1 Å². The predicted molar refractivity (Wildman–Crippen MR) is 83.3 cm³/mol. The zero-order valence-corrected chi connectivity index (χ0v) is 13.7. The fourth-order valence-corrected chi connectivity index (χ4v) is 1.71. The van der Waals surface area contributed by atoms with Crippen LogP contribution in [0, 0.1) is 0 Å². The second kappa shape index (κ2) is 9.82. The first-order valence-corrected chi connectivity index (χ1v) is 6.64. The minimum atomic E-state index is -4.50. The predicted octanol–water partition coefficient (Wildman–Crippen LogP) is 3.01. The molecule has 132 valence electrons. The second-order valence-corrected chi connectivity index (χ2v) is 4.83. The Balaban J connectivity index is 0.00000484. The van der Waals surface area contributed by atoms with E-state index in [9.17, 15) is 18.0 Å². The zero-order chi connectivity index (χ0) is 16.8. The Morgan fingerprint density at radius 2 is 2.09 bits per heavy atom. The van der Waals surface area contributed by atoms with Gasteiger partial charge in [0.1, 0.15) is 5.75 Å². The Kier molecular flexibility index (Phi) is 9.29. The number of methoxy groups -OCH3 is 1. The van der Waals surface area contributed by atoms with Crippen LogP contribution in [0.15, 0.2) is 18.2 Å². The fourth-order valence-electron chi connectivity index (χ4n) is 1.55. The van der Waals surface area contributed by atoms with Crippen molar-refractivity contribution in [1.82, 2.24) is 0 Å². The number of amides is 1. The molecule has 1 unspecified atom stereocenters. The zero-order valence-electron chi connectivity index (χ0n) is 12.2. The summed E-state index contributed by atoms with van der Waals surface area (Å²) in [5.74, 6) is -0.628. The molecule has 1 aromatic carbocycles. The second-order valence-electron chi connectivity index (χ2n) is 4.39. The Hall–Kier alpha value is -1.22. The molecule has 0 aliphatic rings. The summed E-state index contributed by atoms with van der Waals surface area (Å²) in [6.45, 7) is -1.35. The van der Waals surface area contributed by atoms with E-state index in [0.29, 0.717) is 0 Å². The van der Waals surface area contributed by atoms with E-state index in [1.807, 2.05) is 0 Å². The quantitative estimate of drug-likeness (QED) is 0.766. The summed E-state index contributed by atoms with van der Waals surface area (Å²) in [6.07, 6.45) is -5.01. The third-order valence-corrected chi connectivity index (χ3v) is 2.85. The molecule has 1 rings (SSSR count). The van der Waals surface area contributed by atoms with Gasteiger partial charge >= 0.3 is 6.18 Å². The van der Waals surface area contributed by atoms with Crippen LogP contribution in [-0.2, 0) is 9.53 Å². The SMILES string of the molecule is COC(CN)CC(=O)Nc1ccc(Cl)cc1OCC(F)(F)F.Cl. The lowest BCUT2D eigenvalue weighted by atomic mass is 10.2. The van der Waals surface area contributed by atoms with E-state index in [-0.39, 0.29) is 41.8 Å². The van der Waals surface area contributed by atoms with Gasteiger partial charge in [0.05, 0.1) is 18.2 Å². The lowest BCUT2D eigenvalue weighted by Crippen LogP contribution is -2.28. The smallest absolute Gasteiger partial charge is 0.422 e. The highest BCUT2D eigenvalue weighted by atomic mass is 35.5. The minimum absolute atomic E-state index is 0. The number of hydrogen-bond donors (Lipinski definition) is 2. The molecule has 3 N–H and O–H groups in total. The van der Waals surface area contributed by atoms with Crippen LogP contribution in [0.3, 0.4) is 0 Å². The molecule has 10 heteroatoms. The van der Waals surface area contributed by atoms with E-state index in [2.05, 4.69) is 10.1 Å². The molecule has 1 atom stereocenters. The van der Waals surface area contributed by atoms with Crippen LogP contribution in [0.25, 0.3) is 0 Å². The van der Waals surface area contributed by atoms with Gasteiger partial charge in [-0.2, -0.15) is 13.2 Å². The van der Waals surface area contributed by atoms with E-state index in [0.717, 1.165) is 0 Å². The molecular weight excluding hydrogens is 360 g/mol. The van der Waals surface area contributed by atoms with Crippen molar-refractivity contribution in [3.8, 4) is 5.75 Å². The molecule has 0 saturated carbocycles. The van der Waals surface area contributed by atoms with Crippen LogP contribution in [0.1, 0.15) is 6.42 Å². The first-order chi connectivity index (χ1) is 10.2. The summed E-state index contributed by atoms with van der Waals surface area (Å²) in [7, 11) is 1.41. The van der Waals surface area contributed by atoms with E-state index in [1.165, 1.54) is 25.3 Å². The number of carbonyl (C=O) groups is 1. The average Bonchev–Trinajstić information content (AvgIpc) is 2.44. The summed E-state index contributed by atoms with van der Waals surface area (Å²) in [5, 5.41) is 2.63. The van der Waals surface area contributed by atoms with E-state index in [1.54, 1.807) is 0 Å². The number of benzene rings is 1. The summed E-state index contributed by atoms with van der Waals surface area (Å²) in [5.41, 5.74) is 5.49. The number of rotatable bonds is 7.